The van der Waals surface area contributed by atoms with E-state index in [-0.39, 0.29) is 0 Å². The topological polar surface area (TPSA) is 0 Å². The van der Waals surface area contributed by atoms with Gasteiger partial charge in [0.25, 0.3) is 0 Å². The van der Waals surface area contributed by atoms with E-state index in [1.54, 1.807) is 0 Å². The lowest BCUT2D eigenvalue weighted by atomic mass is 9.91. The molecule has 0 aliphatic rings. The summed E-state index contributed by atoms with van der Waals surface area (Å²) in [6.07, 6.45) is 4.89. The molecule has 0 spiro atoms. The predicted octanol–water partition coefficient (Wildman–Crippen LogP) is 4.02. The fourth-order valence-electron chi connectivity index (χ4n) is 1.10. The predicted molar refractivity (Wildman–Crippen MR) is 52.7 cm³/mol. The van der Waals surface area contributed by atoms with Gasteiger partial charge in [0.1, 0.15) is 0 Å². The molecule has 0 amide bonds. The molecule has 0 saturated carbocycles. The molecule has 0 fully saturated rings. The Kier molecular flexibility index (Phi) is 5.27. The second-order valence-corrected chi connectivity index (χ2v) is 3.61. The van der Waals surface area contributed by atoms with E-state index in [2.05, 4.69) is 40.7 Å². The zero-order valence-corrected chi connectivity index (χ0v) is 8.65. The minimum atomic E-state index is 0.750. The van der Waals surface area contributed by atoms with E-state index in [0.717, 1.165) is 11.8 Å². The zero-order chi connectivity index (χ0) is 8.85. The average molecular weight is 154 g/mol. The number of allylic oxidation sites excluding steroid dienone is 2. The SMILES string of the molecule is CCC(C)=CC(C)C(C)CC. The molecule has 2 unspecified atom stereocenters. The smallest absolute Gasteiger partial charge is 0.0234 e. The lowest BCUT2D eigenvalue weighted by Gasteiger charge is -2.14. The number of hydrogen-bond acceptors (Lipinski definition) is 0. The molecule has 0 rings (SSSR count). The molecule has 0 N–H and O–H groups in total. The van der Waals surface area contributed by atoms with Crippen LogP contribution in [0, 0.1) is 11.8 Å². The number of hydrogen-bond donors (Lipinski definition) is 0. The van der Waals surface area contributed by atoms with E-state index in [1.165, 1.54) is 18.4 Å². The van der Waals surface area contributed by atoms with Gasteiger partial charge in [0, 0.05) is 0 Å². The summed E-state index contributed by atoms with van der Waals surface area (Å²) < 4.78 is 0. The standard InChI is InChI=1S/C11H22/c1-6-9(3)8-11(5)10(4)7-2/h8,10-11H,6-7H2,1-5H3. The molecule has 0 heteroatoms. The van der Waals surface area contributed by atoms with Crippen molar-refractivity contribution in [1.82, 2.24) is 0 Å². The van der Waals surface area contributed by atoms with Crippen molar-refractivity contribution in [3.63, 3.8) is 0 Å². The third-order valence-corrected chi connectivity index (χ3v) is 2.65. The van der Waals surface area contributed by atoms with E-state index in [0.29, 0.717) is 0 Å². The Bertz CT molecular complexity index is 122. The van der Waals surface area contributed by atoms with Gasteiger partial charge in [-0.15, -0.1) is 0 Å². The van der Waals surface area contributed by atoms with E-state index in [4.69, 9.17) is 0 Å². The fraction of sp³-hybridized carbons (Fsp3) is 0.818. The highest BCUT2D eigenvalue weighted by Crippen LogP contribution is 2.17. The first kappa shape index (κ1) is 10.7. The monoisotopic (exact) mass is 154 g/mol. The van der Waals surface area contributed by atoms with Gasteiger partial charge in [-0.2, -0.15) is 0 Å². The molecule has 0 aliphatic heterocycles. The molecule has 0 aromatic carbocycles. The molecular weight excluding hydrogens is 132 g/mol. The van der Waals surface area contributed by atoms with Crippen LogP contribution in [-0.4, -0.2) is 0 Å². The van der Waals surface area contributed by atoms with Crippen molar-refractivity contribution < 1.29 is 0 Å². The quantitative estimate of drug-likeness (QED) is 0.536. The molecule has 0 aliphatic carbocycles. The number of rotatable bonds is 4. The van der Waals surface area contributed by atoms with Crippen molar-refractivity contribution in [3.05, 3.63) is 11.6 Å². The lowest BCUT2D eigenvalue weighted by Crippen LogP contribution is -2.03. The molecule has 0 saturated heterocycles. The van der Waals surface area contributed by atoms with E-state index in [1.807, 2.05) is 0 Å². The Morgan fingerprint density at radius 3 is 2.18 bits per heavy atom. The second-order valence-electron chi connectivity index (χ2n) is 3.61. The van der Waals surface area contributed by atoms with Gasteiger partial charge in [0.15, 0.2) is 0 Å². The van der Waals surface area contributed by atoms with Crippen LogP contribution in [0.4, 0.5) is 0 Å². The lowest BCUT2D eigenvalue weighted by molar-refractivity contribution is 0.444. The minimum Gasteiger partial charge on any atom is -0.0825 e. The second kappa shape index (κ2) is 5.40. The molecule has 0 heterocycles. The molecule has 2 atom stereocenters. The van der Waals surface area contributed by atoms with Crippen molar-refractivity contribution in [2.24, 2.45) is 11.8 Å². The maximum Gasteiger partial charge on any atom is -0.0234 e. The summed E-state index contributed by atoms with van der Waals surface area (Å²) in [5, 5.41) is 0. The summed E-state index contributed by atoms with van der Waals surface area (Å²) >= 11 is 0. The van der Waals surface area contributed by atoms with Crippen LogP contribution in [0.5, 0.6) is 0 Å². The fourth-order valence-corrected chi connectivity index (χ4v) is 1.10. The van der Waals surface area contributed by atoms with Crippen LogP contribution < -0.4 is 0 Å². The summed E-state index contributed by atoms with van der Waals surface area (Å²) in [4.78, 5) is 0. The summed E-state index contributed by atoms with van der Waals surface area (Å²) in [6.45, 7) is 11.3. The molecule has 0 aromatic rings. The van der Waals surface area contributed by atoms with Crippen molar-refractivity contribution in [2.75, 3.05) is 0 Å². The van der Waals surface area contributed by atoms with E-state index in [9.17, 15) is 0 Å². The summed E-state index contributed by atoms with van der Waals surface area (Å²) in [7, 11) is 0. The maximum absolute atomic E-state index is 2.41. The average Bonchev–Trinajstić information content (AvgIpc) is 2.02. The van der Waals surface area contributed by atoms with Gasteiger partial charge in [-0.05, 0) is 25.2 Å². The van der Waals surface area contributed by atoms with Crippen LogP contribution in [0.2, 0.25) is 0 Å². The largest absolute Gasteiger partial charge is 0.0825 e. The Balaban J connectivity index is 3.93. The highest BCUT2D eigenvalue weighted by atomic mass is 14.1. The molecule has 0 bridgehead atoms. The Morgan fingerprint density at radius 1 is 1.27 bits per heavy atom. The first-order valence-corrected chi connectivity index (χ1v) is 4.79. The first-order chi connectivity index (χ1) is 5.11. The maximum atomic E-state index is 2.41. The summed E-state index contributed by atoms with van der Waals surface area (Å²) in [6, 6.07) is 0. The Hall–Kier alpha value is -0.260. The van der Waals surface area contributed by atoms with Gasteiger partial charge >= 0.3 is 0 Å². The van der Waals surface area contributed by atoms with E-state index >= 15 is 0 Å². The minimum absolute atomic E-state index is 0.750. The van der Waals surface area contributed by atoms with Crippen LogP contribution in [0.3, 0.4) is 0 Å². The summed E-state index contributed by atoms with van der Waals surface area (Å²) in [5.74, 6) is 1.58. The molecule has 0 aromatic heterocycles. The third-order valence-electron chi connectivity index (χ3n) is 2.65. The van der Waals surface area contributed by atoms with Gasteiger partial charge in [-0.25, -0.2) is 0 Å². The van der Waals surface area contributed by atoms with Crippen molar-refractivity contribution in [2.45, 2.75) is 47.5 Å². The van der Waals surface area contributed by atoms with Gasteiger partial charge < -0.3 is 0 Å². The van der Waals surface area contributed by atoms with Gasteiger partial charge in [0.05, 0.1) is 0 Å². The van der Waals surface area contributed by atoms with E-state index < -0.39 is 0 Å². The third kappa shape index (κ3) is 4.23. The summed E-state index contributed by atoms with van der Waals surface area (Å²) in [5.41, 5.74) is 1.53. The van der Waals surface area contributed by atoms with Gasteiger partial charge in [-0.1, -0.05) is 45.8 Å². The zero-order valence-electron chi connectivity index (χ0n) is 8.65. The van der Waals surface area contributed by atoms with Crippen molar-refractivity contribution in [3.8, 4) is 0 Å². The van der Waals surface area contributed by atoms with Crippen LogP contribution in [0.25, 0.3) is 0 Å². The van der Waals surface area contributed by atoms with Gasteiger partial charge in [0.2, 0.25) is 0 Å². The van der Waals surface area contributed by atoms with Crippen LogP contribution in [-0.2, 0) is 0 Å². The Morgan fingerprint density at radius 2 is 1.82 bits per heavy atom. The normalized spacial score (nSPS) is 18.1. The molecule has 66 valence electrons. The molecular formula is C11H22. The highest BCUT2D eigenvalue weighted by molar-refractivity contribution is 5.00. The van der Waals surface area contributed by atoms with Crippen molar-refractivity contribution in [1.29, 1.82) is 0 Å². The highest BCUT2D eigenvalue weighted by Gasteiger charge is 2.06. The Labute approximate surface area is 71.7 Å². The molecule has 11 heavy (non-hydrogen) atoms. The van der Waals surface area contributed by atoms with Crippen molar-refractivity contribution >= 4 is 0 Å². The molecule has 0 nitrogen and oxygen atoms in total. The first-order valence-electron chi connectivity index (χ1n) is 4.79. The van der Waals surface area contributed by atoms with Crippen LogP contribution >= 0.6 is 0 Å². The van der Waals surface area contributed by atoms with Crippen LogP contribution in [0.1, 0.15) is 47.5 Å². The van der Waals surface area contributed by atoms with Crippen LogP contribution in [0.15, 0.2) is 11.6 Å². The molecule has 0 radical (unpaired) electrons. The van der Waals surface area contributed by atoms with Gasteiger partial charge in [-0.3, -0.25) is 0 Å².